The third-order valence-electron chi connectivity index (χ3n) is 2.17. The van der Waals surface area contributed by atoms with Crippen molar-refractivity contribution in [2.45, 2.75) is 0 Å². The number of anilines is 1. The van der Waals surface area contributed by atoms with E-state index in [1.54, 1.807) is 18.2 Å². The van der Waals surface area contributed by atoms with E-state index in [2.05, 4.69) is 15.3 Å². The molecule has 0 aliphatic rings. The van der Waals surface area contributed by atoms with Crippen LogP contribution in [0.25, 0.3) is 0 Å². The lowest BCUT2D eigenvalue weighted by molar-refractivity contribution is 0.102. The highest BCUT2D eigenvalue weighted by atomic mass is 127. The summed E-state index contributed by atoms with van der Waals surface area (Å²) in [7, 11) is 0. The number of hydrogen-bond acceptors (Lipinski definition) is 3. The largest absolute Gasteiger partial charge is 0.317 e. The summed E-state index contributed by atoms with van der Waals surface area (Å²) in [5, 5.41) is 3.19. The van der Waals surface area contributed by atoms with Crippen LogP contribution in [0.4, 0.5) is 5.69 Å². The number of benzene rings is 1. The Morgan fingerprint density at radius 1 is 1.16 bits per heavy atom. The smallest absolute Gasteiger partial charge is 0.256 e. The van der Waals surface area contributed by atoms with Crippen molar-refractivity contribution in [2.75, 3.05) is 5.32 Å². The Morgan fingerprint density at radius 3 is 2.42 bits per heavy atom. The number of hydrogen-bond donors (Lipinski definition) is 1. The van der Waals surface area contributed by atoms with E-state index in [-0.39, 0.29) is 21.9 Å². The van der Waals surface area contributed by atoms with Crippen LogP contribution in [0, 0.1) is 3.57 Å². The quantitative estimate of drug-likeness (QED) is 0.574. The normalized spacial score (nSPS) is 10.3. The van der Waals surface area contributed by atoms with Crippen LogP contribution in [-0.4, -0.2) is 15.9 Å². The van der Waals surface area contributed by atoms with Crippen molar-refractivity contribution < 1.29 is 4.79 Å². The van der Waals surface area contributed by atoms with Gasteiger partial charge in [-0.2, -0.15) is 0 Å². The topological polar surface area (TPSA) is 54.9 Å². The van der Waals surface area contributed by atoms with Gasteiger partial charge in [-0.3, -0.25) is 4.79 Å². The minimum Gasteiger partial charge on any atom is -0.317 e. The molecular weight excluding hydrogens is 423 g/mol. The first-order valence-electron chi connectivity index (χ1n) is 4.91. The van der Waals surface area contributed by atoms with E-state index in [1.807, 2.05) is 22.6 Å². The molecule has 0 aliphatic heterocycles. The molecule has 0 atom stereocenters. The van der Waals surface area contributed by atoms with Gasteiger partial charge < -0.3 is 5.32 Å². The van der Waals surface area contributed by atoms with Gasteiger partial charge in [0.2, 0.25) is 0 Å². The van der Waals surface area contributed by atoms with E-state index in [4.69, 9.17) is 34.8 Å². The lowest BCUT2D eigenvalue weighted by atomic mass is 10.2. The Bertz CT molecular complexity index is 631. The minimum absolute atomic E-state index is 0.0744. The lowest BCUT2D eigenvalue weighted by Crippen LogP contribution is -2.14. The number of aromatic nitrogens is 2. The number of carbonyl (C=O) groups is 1. The average Bonchev–Trinajstić information content (AvgIpc) is 2.37. The first-order valence-corrected chi connectivity index (χ1v) is 7.12. The fraction of sp³-hybridized carbons (Fsp3) is 0. The molecule has 19 heavy (non-hydrogen) atoms. The molecule has 0 radical (unpaired) electrons. The van der Waals surface area contributed by atoms with Crippen molar-refractivity contribution in [3.05, 3.63) is 49.0 Å². The highest BCUT2D eigenvalue weighted by Gasteiger charge is 2.15. The number of amides is 1. The summed E-state index contributed by atoms with van der Waals surface area (Å²) in [4.78, 5) is 19.7. The van der Waals surface area contributed by atoms with Crippen molar-refractivity contribution in [3.63, 3.8) is 0 Å². The fourth-order valence-corrected chi connectivity index (χ4v) is 2.46. The van der Waals surface area contributed by atoms with Crippen LogP contribution in [-0.2, 0) is 0 Å². The Balaban J connectivity index is 2.34. The molecule has 98 valence electrons. The van der Waals surface area contributed by atoms with E-state index in [9.17, 15) is 4.79 Å². The molecule has 1 heterocycles. The van der Waals surface area contributed by atoms with Crippen LogP contribution >= 0.6 is 57.4 Å². The van der Waals surface area contributed by atoms with Gasteiger partial charge in [-0.05, 0) is 40.8 Å². The van der Waals surface area contributed by atoms with Crippen molar-refractivity contribution in [2.24, 2.45) is 0 Å². The molecule has 1 amide bonds. The lowest BCUT2D eigenvalue weighted by Gasteiger charge is -2.09. The van der Waals surface area contributed by atoms with Gasteiger partial charge in [-0.15, -0.1) is 0 Å². The zero-order chi connectivity index (χ0) is 14.0. The monoisotopic (exact) mass is 427 g/mol. The minimum atomic E-state index is -0.384. The van der Waals surface area contributed by atoms with Crippen LogP contribution in [0.15, 0.2) is 24.5 Å². The van der Waals surface area contributed by atoms with E-state index < -0.39 is 0 Å². The van der Waals surface area contributed by atoms with Gasteiger partial charge >= 0.3 is 0 Å². The highest BCUT2D eigenvalue weighted by Crippen LogP contribution is 2.27. The number of rotatable bonds is 2. The zero-order valence-corrected chi connectivity index (χ0v) is 13.5. The van der Waals surface area contributed by atoms with Gasteiger partial charge in [0, 0.05) is 8.59 Å². The van der Waals surface area contributed by atoms with Crippen LogP contribution < -0.4 is 5.32 Å². The van der Waals surface area contributed by atoms with Gasteiger partial charge in [0.15, 0.2) is 10.3 Å². The van der Waals surface area contributed by atoms with Gasteiger partial charge in [0.25, 0.3) is 5.91 Å². The predicted octanol–water partition coefficient (Wildman–Crippen LogP) is 4.29. The highest BCUT2D eigenvalue weighted by molar-refractivity contribution is 14.1. The second-order valence-corrected chi connectivity index (χ2v) is 5.72. The summed E-state index contributed by atoms with van der Waals surface area (Å²) in [6, 6.07) is 5.00. The van der Waals surface area contributed by atoms with E-state index in [0.717, 1.165) is 3.57 Å². The zero-order valence-electron chi connectivity index (χ0n) is 9.12. The summed E-state index contributed by atoms with van der Waals surface area (Å²) in [5.41, 5.74) is 0.593. The first-order chi connectivity index (χ1) is 8.99. The molecule has 0 saturated heterocycles. The molecule has 0 bridgehead atoms. The summed E-state index contributed by atoms with van der Waals surface area (Å²) < 4.78 is 0.753. The Morgan fingerprint density at radius 2 is 1.79 bits per heavy atom. The average molecular weight is 428 g/mol. The number of nitrogens with zero attached hydrogens (tertiary/aromatic N) is 2. The predicted molar refractivity (Wildman–Crippen MR) is 84.2 cm³/mol. The van der Waals surface area contributed by atoms with Crippen LogP contribution in [0.3, 0.4) is 0 Å². The second kappa shape index (κ2) is 6.21. The van der Waals surface area contributed by atoms with Gasteiger partial charge in [-0.1, -0.05) is 34.8 Å². The molecule has 1 aromatic heterocycles. The molecule has 0 aliphatic carbocycles. The summed E-state index contributed by atoms with van der Waals surface area (Å²) in [6.45, 7) is 0. The van der Waals surface area contributed by atoms with Crippen LogP contribution in [0.1, 0.15) is 10.4 Å². The molecule has 2 aromatic rings. The van der Waals surface area contributed by atoms with E-state index >= 15 is 0 Å². The maximum atomic E-state index is 12.1. The molecule has 8 heteroatoms. The second-order valence-electron chi connectivity index (χ2n) is 3.41. The maximum Gasteiger partial charge on any atom is 0.256 e. The Kier molecular flexibility index (Phi) is 4.83. The third kappa shape index (κ3) is 3.47. The molecule has 2 rings (SSSR count). The Hall–Kier alpha value is -0.630. The van der Waals surface area contributed by atoms with Crippen molar-refractivity contribution in [3.8, 4) is 0 Å². The summed E-state index contributed by atoms with van der Waals surface area (Å²) >= 11 is 19.6. The third-order valence-corrected chi connectivity index (χ3v) is 3.92. The fourth-order valence-electron chi connectivity index (χ4n) is 1.30. The summed E-state index contributed by atoms with van der Waals surface area (Å²) in [5.74, 6) is -0.384. The number of carbonyl (C=O) groups excluding carboxylic acids is 1. The van der Waals surface area contributed by atoms with Crippen molar-refractivity contribution in [1.29, 1.82) is 0 Å². The first kappa shape index (κ1) is 14.8. The van der Waals surface area contributed by atoms with Crippen LogP contribution in [0.5, 0.6) is 0 Å². The molecular formula is C11H5Cl3IN3O. The summed E-state index contributed by atoms with van der Waals surface area (Å²) in [6.07, 6.45) is 1.21. The van der Waals surface area contributed by atoms with Gasteiger partial charge in [0.1, 0.15) is 12.0 Å². The molecule has 4 nitrogen and oxygen atoms in total. The standard InChI is InChI=1S/C11H5Cl3IN3O/c12-5-1-2-7(15)6(3-5)11(19)18-8-9(13)16-4-17-10(8)14/h1-4H,(H,18,19). The Labute approximate surface area is 137 Å². The van der Waals surface area contributed by atoms with E-state index in [0.29, 0.717) is 10.6 Å². The molecule has 0 saturated carbocycles. The molecule has 0 unspecified atom stereocenters. The van der Waals surface area contributed by atoms with E-state index in [1.165, 1.54) is 6.33 Å². The number of halogens is 4. The maximum absolute atomic E-state index is 12.1. The SMILES string of the molecule is O=C(Nc1c(Cl)ncnc1Cl)c1cc(Cl)ccc1I. The van der Waals surface area contributed by atoms with Crippen LogP contribution in [0.2, 0.25) is 15.3 Å². The molecule has 1 aromatic carbocycles. The molecule has 0 spiro atoms. The molecule has 0 fully saturated rings. The number of nitrogens with one attached hydrogen (secondary N) is 1. The van der Waals surface area contributed by atoms with Crippen molar-refractivity contribution >= 4 is 69.0 Å². The van der Waals surface area contributed by atoms with Gasteiger partial charge in [0.05, 0.1) is 5.56 Å². The van der Waals surface area contributed by atoms with Crippen molar-refractivity contribution in [1.82, 2.24) is 9.97 Å². The molecule has 1 N–H and O–H groups in total. The van der Waals surface area contributed by atoms with Gasteiger partial charge in [-0.25, -0.2) is 9.97 Å².